The van der Waals surface area contributed by atoms with Crippen molar-refractivity contribution in [3.05, 3.63) is 101 Å². The van der Waals surface area contributed by atoms with Gasteiger partial charge < -0.3 is 14.7 Å². The van der Waals surface area contributed by atoms with E-state index in [-0.39, 0.29) is 18.5 Å². The van der Waals surface area contributed by atoms with Crippen molar-refractivity contribution in [2.24, 2.45) is 5.16 Å². The highest BCUT2D eigenvalue weighted by molar-refractivity contribution is 6.01. The Hall–Kier alpha value is -3.22. The van der Waals surface area contributed by atoms with Crippen LogP contribution in [0.1, 0.15) is 23.1 Å². The molecule has 1 N–H and O–H groups in total. The molecule has 0 spiro atoms. The van der Waals surface area contributed by atoms with Crippen LogP contribution in [0.15, 0.2) is 84.0 Å². The molecule has 2 atom stereocenters. The van der Waals surface area contributed by atoms with E-state index in [1.807, 2.05) is 67.6 Å². The van der Waals surface area contributed by atoms with Crippen molar-refractivity contribution in [1.29, 1.82) is 0 Å². The lowest BCUT2D eigenvalue weighted by Crippen LogP contribution is -2.39. The number of hydrogen-bond donors (Lipinski definition) is 1. The molecule has 5 nitrogen and oxygen atoms in total. The number of oxime groups is 1. The molecule has 0 aromatic heterocycles. The monoisotopic (exact) mass is 448 g/mol. The highest BCUT2D eigenvalue weighted by Gasteiger charge is 2.26. The van der Waals surface area contributed by atoms with E-state index < -0.39 is 6.10 Å². The van der Waals surface area contributed by atoms with Gasteiger partial charge in [-0.2, -0.15) is 0 Å². The molecule has 3 aromatic rings. The van der Waals surface area contributed by atoms with E-state index in [1.165, 1.54) is 12.1 Å². The molecule has 4 rings (SSSR count). The molecule has 33 heavy (non-hydrogen) atoms. The van der Waals surface area contributed by atoms with E-state index >= 15 is 0 Å². The summed E-state index contributed by atoms with van der Waals surface area (Å²) in [5.74, 6) is 0.482. The summed E-state index contributed by atoms with van der Waals surface area (Å²) in [5, 5.41) is 15.0. The van der Waals surface area contributed by atoms with E-state index in [0.717, 1.165) is 28.2 Å². The summed E-state index contributed by atoms with van der Waals surface area (Å²) in [4.78, 5) is 7.76. The first-order valence-electron chi connectivity index (χ1n) is 11.2. The lowest BCUT2D eigenvalue weighted by Gasteiger charge is -2.27. The van der Waals surface area contributed by atoms with Crippen LogP contribution in [0.4, 0.5) is 4.39 Å². The van der Waals surface area contributed by atoms with Crippen LogP contribution in [0.25, 0.3) is 0 Å². The van der Waals surface area contributed by atoms with Gasteiger partial charge in [-0.05, 0) is 41.8 Å². The second-order valence-corrected chi connectivity index (χ2v) is 8.39. The summed E-state index contributed by atoms with van der Waals surface area (Å²) in [6.45, 7) is 3.54. The van der Waals surface area contributed by atoms with Crippen molar-refractivity contribution < 1.29 is 19.1 Å². The van der Waals surface area contributed by atoms with Crippen LogP contribution < -0.4 is 4.74 Å². The standard InChI is InChI=1S/C27H29FN2O3/c1-20-8-5-6-13-27(20)32-19-24(31)17-30(16-21-9-7-12-23(28)14-21)18-25-15-26(29-33-25)22-10-3-2-4-11-22/h2-14,24-25,31H,15-19H2,1H3/t24-,25+/m0/s1. The van der Waals surface area contributed by atoms with E-state index in [2.05, 4.69) is 10.1 Å². The molecule has 0 amide bonds. The minimum Gasteiger partial charge on any atom is -0.491 e. The van der Waals surface area contributed by atoms with Crippen molar-refractivity contribution in [3.8, 4) is 5.75 Å². The molecule has 0 saturated carbocycles. The summed E-state index contributed by atoms with van der Waals surface area (Å²) in [5.41, 5.74) is 3.81. The second-order valence-electron chi connectivity index (χ2n) is 8.39. The van der Waals surface area contributed by atoms with Crippen molar-refractivity contribution >= 4 is 5.71 Å². The molecule has 0 saturated heterocycles. The third-order valence-corrected chi connectivity index (χ3v) is 5.59. The van der Waals surface area contributed by atoms with Crippen LogP contribution in [0.5, 0.6) is 5.75 Å². The topological polar surface area (TPSA) is 54.3 Å². The van der Waals surface area contributed by atoms with Gasteiger partial charge in [-0.15, -0.1) is 0 Å². The molecule has 3 aromatic carbocycles. The van der Waals surface area contributed by atoms with Crippen LogP contribution >= 0.6 is 0 Å². The summed E-state index contributed by atoms with van der Waals surface area (Å²) >= 11 is 0. The molecule has 0 bridgehead atoms. The molecule has 6 heteroatoms. The van der Waals surface area contributed by atoms with E-state index in [9.17, 15) is 9.50 Å². The molecule has 1 aliphatic rings. The zero-order valence-corrected chi connectivity index (χ0v) is 18.7. The van der Waals surface area contributed by atoms with Crippen molar-refractivity contribution in [2.75, 3.05) is 19.7 Å². The summed E-state index contributed by atoms with van der Waals surface area (Å²) in [7, 11) is 0. The van der Waals surface area contributed by atoms with Gasteiger partial charge in [0, 0.05) is 26.1 Å². The number of halogens is 1. The van der Waals surface area contributed by atoms with Gasteiger partial charge in [-0.25, -0.2) is 4.39 Å². The fraction of sp³-hybridized carbons (Fsp3) is 0.296. The van der Waals surface area contributed by atoms with Crippen molar-refractivity contribution in [2.45, 2.75) is 32.1 Å². The summed E-state index contributed by atoms with van der Waals surface area (Å²) < 4.78 is 19.6. The Morgan fingerprint density at radius 2 is 1.88 bits per heavy atom. The first-order chi connectivity index (χ1) is 16.1. The fourth-order valence-corrected chi connectivity index (χ4v) is 3.97. The van der Waals surface area contributed by atoms with Gasteiger partial charge in [0.2, 0.25) is 0 Å². The number of aliphatic hydroxyl groups is 1. The Morgan fingerprint density at radius 3 is 2.67 bits per heavy atom. The molecule has 0 fully saturated rings. The van der Waals surface area contributed by atoms with Gasteiger partial charge in [0.05, 0.1) is 5.71 Å². The van der Waals surface area contributed by atoms with Gasteiger partial charge in [0.1, 0.15) is 30.4 Å². The third-order valence-electron chi connectivity index (χ3n) is 5.59. The summed E-state index contributed by atoms with van der Waals surface area (Å²) in [6.07, 6.45) is -0.174. The van der Waals surface area contributed by atoms with Gasteiger partial charge >= 0.3 is 0 Å². The maximum Gasteiger partial charge on any atom is 0.145 e. The molecule has 0 radical (unpaired) electrons. The van der Waals surface area contributed by atoms with Crippen LogP contribution in [0, 0.1) is 12.7 Å². The quantitative estimate of drug-likeness (QED) is 0.494. The Kier molecular flexibility index (Phi) is 7.70. The van der Waals surface area contributed by atoms with Crippen molar-refractivity contribution in [3.63, 3.8) is 0 Å². The lowest BCUT2D eigenvalue weighted by atomic mass is 10.0. The summed E-state index contributed by atoms with van der Waals surface area (Å²) in [6, 6.07) is 24.2. The number of nitrogens with zero attached hydrogens (tertiary/aromatic N) is 2. The normalized spacial score (nSPS) is 16.4. The van der Waals surface area contributed by atoms with Crippen LogP contribution in [0.2, 0.25) is 0 Å². The molecule has 0 aliphatic carbocycles. The highest BCUT2D eigenvalue weighted by Crippen LogP contribution is 2.20. The third kappa shape index (κ3) is 6.63. The lowest BCUT2D eigenvalue weighted by molar-refractivity contribution is 0.0212. The van der Waals surface area contributed by atoms with E-state index in [4.69, 9.17) is 9.57 Å². The molecular formula is C27H29FN2O3. The van der Waals surface area contributed by atoms with Crippen LogP contribution in [-0.2, 0) is 11.4 Å². The molecule has 172 valence electrons. The molecule has 1 aliphatic heterocycles. The predicted octanol–water partition coefficient (Wildman–Crippen LogP) is 4.57. The first kappa shape index (κ1) is 23.0. The van der Waals surface area contributed by atoms with Crippen molar-refractivity contribution in [1.82, 2.24) is 4.90 Å². The molecular weight excluding hydrogens is 419 g/mol. The minimum atomic E-state index is -0.714. The SMILES string of the molecule is Cc1ccccc1OC[C@@H](O)CN(Cc1cccc(F)c1)C[C@H]1CC(c2ccccc2)=NO1. The highest BCUT2D eigenvalue weighted by atomic mass is 19.1. The Labute approximate surface area is 194 Å². The minimum absolute atomic E-state index is 0.141. The molecule has 0 unspecified atom stereocenters. The number of aliphatic hydroxyl groups excluding tert-OH is 1. The van der Waals surface area contributed by atoms with E-state index in [1.54, 1.807) is 6.07 Å². The maximum absolute atomic E-state index is 13.7. The molecule has 1 heterocycles. The predicted molar refractivity (Wildman–Crippen MR) is 127 cm³/mol. The van der Waals surface area contributed by atoms with Gasteiger partial charge in [-0.3, -0.25) is 4.90 Å². The largest absolute Gasteiger partial charge is 0.491 e. The van der Waals surface area contributed by atoms with E-state index in [0.29, 0.717) is 26.1 Å². The number of benzene rings is 3. The average Bonchev–Trinajstić information content (AvgIpc) is 3.27. The first-order valence-corrected chi connectivity index (χ1v) is 11.2. The smallest absolute Gasteiger partial charge is 0.145 e. The number of ether oxygens (including phenoxy) is 1. The van der Waals surface area contributed by atoms with Gasteiger partial charge in [-0.1, -0.05) is 65.8 Å². The average molecular weight is 449 g/mol. The Morgan fingerprint density at radius 1 is 1.09 bits per heavy atom. The number of aryl methyl sites for hydroxylation is 1. The number of para-hydroxylation sites is 1. The van der Waals surface area contributed by atoms with Crippen LogP contribution in [0.3, 0.4) is 0 Å². The Bertz CT molecular complexity index is 1070. The second kappa shape index (κ2) is 11.1. The van der Waals surface area contributed by atoms with Gasteiger partial charge in [0.15, 0.2) is 0 Å². The zero-order valence-electron chi connectivity index (χ0n) is 18.7. The maximum atomic E-state index is 13.7. The fourth-order valence-electron chi connectivity index (χ4n) is 3.97. The number of hydrogen-bond acceptors (Lipinski definition) is 5. The Balaban J connectivity index is 1.38. The van der Waals surface area contributed by atoms with Gasteiger partial charge in [0.25, 0.3) is 0 Å². The van der Waals surface area contributed by atoms with Crippen LogP contribution in [-0.4, -0.2) is 47.6 Å². The zero-order chi connectivity index (χ0) is 23.0. The number of rotatable bonds is 10.